The quantitative estimate of drug-likeness (QED) is 0.618. The van der Waals surface area contributed by atoms with Crippen molar-refractivity contribution in [1.29, 1.82) is 0 Å². The molecule has 0 saturated heterocycles. The topological polar surface area (TPSA) is 79.1 Å². The van der Waals surface area contributed by atoms with Gasteiger partial charge in [0.15, 0.2) is 16.3 Å². The van der Waals surface area contributed by atoms with Gasteiger partial charge in [-0.1, -0.05) is 29.5 Å². The van der Waals surface area contributed by atoms with E-state index in [1.165, 1.54) is 18.4 Å². The number of benzene rings is 2. The van der Waals surface area contributed by atoms with Gasteiger partial charge in [-0.15, -0.1) is 0 Å². The Kier molecular flexibility index (Phi) is 5.10. The van der Waals surface area contributed by atoms with Crippen molar-refractivity contribution in [1.82, 2.24) is 4.57 Å². The van der Waals surface area contributed by atoms with Crippen molar-refractivity contribution in [3.8, 4) is 11.5 Å². The number of rotatable bonds is 3. The van der Waals surface area contributed by atoms with Crippen LogP contribution in [-0.4, -0.2) is 36.3 Å². The van der Waals surface area contributed by atoms with E-state index >= 15 is 0 Å². The van der Waals surface area contributed by atoms with Crippen LogP contribution in [0.2, 0.25) is 0 Å². The molecule has 150 valence electrons. The summed E-state index contributed by atoms with van der Waals surface area (Å²) in [7, 11) is 1.33. The molecule has 0 fully saturated rings. The van der Waals surface area contributed by atoms with Crippen molar-refractivity contribution in [2.24, 2.45) is 4.99 Å². The van der Waals surface area contributed by atoms with Gasteiger partial charge < -0.3 is 18.8 Å². The minimum Gasteiger partial charge on any atom is -0.485 e. The molecular weight excluding hydrogens is 392 g/mol. The number of aromatic nitrogens is 1. The number of esters is 1. The molecule has 3 aromatic rings. The average Bonchev–Trinajstić information content (AvgIpc) is 3.04. The number of hydrogen-bond donors (Lipinski definition) is 0. The number of para-hydroxylation sites is 2. The molecule has 1 aromatic heterocycles. The van der Waals surface area contributed by atoms with E-state index in [1.54, 1.807) is 16.7 Å². The van der Waals surface area contributed by atoms with Gasteiger partial charge >= 0.3 is 5.97 Å². The third kappa shape index (κ3) is 3.75. The maximum atomic E-state index is 12.8. The van der Waals surface area contributed by atoms with Crippen LogP contribution in [0.1, 0.15) is 11.1 Å². The molecule has 2 heterocycles. The van der Waals surface area contributed by atoms with E-state index in [9.17, 15) is 9.59 Å². The van der Waals surface area contributed by atoms with Crippen LogP contribution < -0.4 is 14.3 Å². The maximum Gasteiger partial charge on any atom is 0.325 e. The second kappa shape index (κ2) is 7.71. The van der Waals surface area contributed by atoms with E-state index in [2.05, 4.69) is 11.1 Å². The summed E-state index contributed by atoms with van der Waals surface area (Å²) in [5.74, 6) is 0.241. The Morgan fingerprint density at radius 2 is 2.00 bits per heavy atom. The number of carbonyl (C=O) groups is 2. The molecule has 0 unspecified atom stereocenters. The van der Waals surface area contributed by atoms with Crippen LogP contribution in [0.25, 0.3) is 10.2 Å². The Morgan fingerprint density at radius 3 is 2.76 bits per heavy atom. The molecule has 29 heavy (non-hydrogen) atoms. The van der Waals surface area contributed by atoms with Gasteiger partial charge in [0.05, 0.1) is 17.3 Å². The zero-order valence-electron chi connectivity index (χ0n) is 16.3. The minimum absolute atomic E-state index is 0.0314. The number of hydrogen-bond acceptors (Lipinski definition) is 6. The predicted molar refractivity (Wildman–Crippen MR) is 108 cm³/mol. The van der Waals surface area contributed by atoms with Crippen LogP contribution in [0.3, 0.4) is 0 Å². The smallest absolute Gasteiger partial charge is 0.325 e. The van der Waals surface area contributed by atoms with Crippen LogP contribution in [0.4, 0.5) is 0 Å². The first-order valence-corrected chi connectivity index (χ1v) is 9.92. The standard InChI is InChI=1S/C21H20N2O5S/c1-12-8-13(2)19-14(9-12)23(10-18(24)26-3)21(29-19)22-20(25)17-11-27-15-6-4-5-7-16(15)28-17/h4-9,17H,10-11H2,1-3H3/t17-/m1/s1. The number of aryl methyl sites for hydroxylation is 2. The second-order valence-electron chi connectivity index (χ2n) is 6.79. The van der Waals surface area contributed by atoms with Gasteiger partial charge in [-0.05, 0) is 43.2 Å². The normalized spacial score (nSPS) is 16.1. The first kappa shape index (κ1) is 19.2. The third-order valence-corrected chi connectivity index (χ3v) is 5.85. The molecule has 0 aliphatic carbocycles. The van der Waals surface area contributed by atoms with Gasteiger partial charge in [0.1, 0.15) is 13.2 Å². The van der Waals surface area contributed by atoms with Crippen molar-refractivity contribution in [3.05, 3.63) is 52.3 Å². The van der Waals surface area contributed by atoms with Gasteiger partial charge in [0, 0.05) is 0 Å². The van der Waals surface area contributed by atoms with Gasteiger partial charge in [-0.25, -0.2) is 0 Å². The van der Waals surface area contributed by atoms with Crippen molar-refractivity contribution < 1.29 is 23.8 Å². The van der Waals surface area contributed by atoms with E-state index in [4.69, 9.17) is 14.2 Å². The summed E-state index contributed by atoms with van der Waals surface area (Å²) in [6, 6.07) is 11.2. The Labute approximate surface area is 171 Å². The van der Waals surface area contributed by atoms with Crippen LogP contribution in [0.5, 0.6) is 11.5 Å². The largest absolute Gasteiger partial charge is 0.485 e. The van der Waals surface area contributed by atoms with Crippen LogP contribution in [-0.2, 0) is 20.9 Å². The summed E-state index contributed by atoms with van der Waals surface area (Å²) in [4.78, 5) is 29.5. The zero-order valence-corrected chi connectivity index (χ0v) is 17.1. The van der Waals surface area contributed by atoms with Crippen molar-refractivity contribution in [2.45, 2.75) is 26.5 Å². The van der Waals surface area contributed by atoms with Gasteiger partial charge in [-0.2, -0.15) is 4.99 Å². The monoisotopic (exact) mass is 412 g/mol. The van der Waals surface area contributed by atoms with Crippen molar-refractivity contribution in [3.63, 3.8) is 0 Å². The summed E-state index contributed by atoms with van der Waals surface area (Å²) >= 11 is 1.36. The summed E-state index contributed by atoms with van der Waals surface area (Å²) in [6.07, 6.45) is -0.843. The average molecular weight is 412 g/mol. The molecule has 2 aromatic carbocycles. The van der Waals surface area contributed by atoms with Gasteiger partial charge in [0.25, 0.3) is 5.91 Å². The number of nitrogens with zero attached hydrogens (tertiary/aromatic N) is 2. The molecular formula is C21H20N2O5S. The van der Waals surface area contributed by atoms with E-state index in [1.807, 2.05) is 32.0 Å². The molecule has 8 heteroatoms. The summed E-state index contributed by atoms with van der Waals surface area (Å²) in [5.41, 5.74) is 2.96. The molecule has 0 radical (unpaired) electrons. The number of ether oxygens (including phenoxy) is 3. The fraction of sp³-hybridized carbons (Fsp3) is 0.286. The molecule has 1 aliphatic heterocycles. The highest BCUT2D eigenvalue weighted by atomic mass is 32.1. The molecule has 0 saturated carbocycles. The summed E-state index contributed by atoms with van der Waals surface area (Å²) < 4.78 is 18.9. The Bertz CT molecular complexity index is 1180. The number of amides is 1. The SMILES string of the molecule is COC(=O)Cn1c(=NC(=O)[C@H]2COc3ccccc3O2)sc2c(C)cc(C)cc21. The molecule has 1 atom stereocenters. The lowest BCUT2D eigenvalue weighted by Gasteiger charge is -2.23. The molecule has 1 amide bonds. The molecule has 1 aliphatic rings. The van der Waals surface area contributed by atoms with Crippen LogP contribution in [0, 0.1) is 13.8 Å². The lowest BCUT2D eigenvalue weighted by atomic mass is 10.1. The maximum absolute atomic E-state index is 12.8. The predicted octanol–water partition coefficient (Wildman–Crippen LogP) is 2.76. The van der Waals surface area contributed by atoms with Gasteiger partial charge in [0.2, 0.25) is 6.10 Å². The first-order chi connectivity index (χ1) is 14.0. The number of thiazole rings is 1. The van der Waals surface area contributed by atoms with Gasteiger partial charge in [-0.3, -0.25) is 9.59 Å². The Morgan fingerprint density at radius 1 is 1.24 bits per heavy atom. The van der Waals surface area contributed by atoms with E-state index in [0.717, 1.165) is 21.3 Å². The summed E-state index contributed by atoms with van der Waals surface area (Å²) in [6.45, 7) is 4.03. The molecule has 7 nitrogen and oxygen atoms in total. The van der Waals surface area contributed by atoms with Crippen LogP contribution in [0.15, 0.2) is 41.4 Å². The van der Waals surface area contributed by atoms with E-state index in [-0.39, 0.29) is 13.2 Å². The Hall–Kier alpha value is -3.13. The molecule has 4 rings (SSSR count). The minimum atomic E-state index is -0.843. The van der Waals surface area contributed by atoms with E-state index in [0.29, 0.717) is 16.3 Å². The number of methoxy groups -OCH3 is 1. The molecule has 0 spiro atoms. The third-order valence-electron chi connectivity index (χ3n) is 4.62. The zero-order chi connectivity index (χ0) is 20.5. The highest BCUT2D eigenvalue weighted by Gasteiger charge is 2.27. The number of fused-ring (bicyclic) bond motifs is 2. The van der Waals surface area contributed by atoms with Crippen LogP contribution >= 0.6 is 11.3 Å². The summed E-state index contributed by atoms with van der Waals surface area (Å²) in [5, 5.41) is 0. The lowest BCUT2D eigenvalue weighted by molar-refractivity contribution is -0.141. The highest BCUT2D eigenvalue weighted by Crippen LogP contribution is 2.31. The van der Waals surface area contributed by atoms with E-state index < -0.39 is 18.0 Å². The molecule has 0 bridgehead atoms. The fourth-order valence-electron chi connectivity index (χ4n) is 3.25. The van der Waals surface area contributed by atoms with Crippen molar-refractivity contribution in [2.75, 3.05) is 13.7 Å². The first-order valence-electron chi connectivity index (χ1n) is 9.10. The number of carbonyl (C=O) groups excluding carboxylic acids is 2. The Balaban J connectivity index is 1.75. The molecule has 0 N–H and O–H groups in total. The van der Waals surface area contributed by atoms with Crippen molar-refractivity contribution >= 4 is 33.4 Å². The lowest BCUT2D eigenvalue weighted by Crippen LogP contribution is -2.37. The fourth-order valence-corrected chi connectivity index (χ4v) is 4.34. The highest BCUT2D eigenvalue weighted by molar-refractivity contribution is 7.16. The second-order valence-corrected chi connectivity index (χ2v) is 7.77.